The number of aromatic nitrogens is 1. The first-order valence-electron chi connectivity index (χ1n) is 9.99. The van der Waals surface area contributed by atoms with E-state index >= 15 is 0 Å². The van der Waals surface area contributed by atoms with Crippen LogP contribution in [0.15, 0.2) is 58.7 Å². The first-order chi connectivity index (χ1) is 14.9. The van der Waals surface area contributed by atoms with Gasteiger partial charge in [-0.05, 0) is 31.5 Å². The minimum Gasteiger partial charge on any atom is -0.496 e. The molecule has 3 N–H and O–H groups in total. The summed E-state index contributed by atoms with van der Waals surface area (Å²) in [6, 6.07) is 13.9. The maximum Gasteiger partial charge on any atom is 0.299 e. The number of hydrogen-bond acceptors (Lipinski definition) is 6. The summed E-state index contributed by atoms with van der Waals surface area (Å²) in [5.41, 5.74) is 10.3. The van der Waals surface area contributed by atoms with Gasteiger partial charge in [0.15, 0.2) is 5.76 Å². The molecule has 0 aliphatic heterocycles. The predicted molar refractivity (Wildman–Crippen MR) is 123 cm³/mol. The summed E-state index contributed by atoms with van der Waals surface area (Å²) in [6.45, 7) is 4.49. The Morgan fingerprint density at radius 3 is 2.74 bits per heavy atom. The van der Waals surface area contributed by atoms with Gasteiger partial charge in [-0.1, -0.05) is 35.9 Å². The smallest absolute Gasteiger partial charge is 0.299 e. The number of amides is 1. The third kappa shape index (κ3) is 5.52. The zero-order chi connectivity index (χ0) is 22.4. The van der Waals surface area contributed by atoms with Crippen LogP contribution in [-0.2, 0) is 11.3 Å². The molecule has 3 aromatic rings. The lowest BCUT2D eigenvalue weighted by Crippen LogP contribution is -2.32. The van der Waals surface area contributed by atoms with E-state index in [1.807, 2.05) is 56.3 Å². The zero-order valence-corrected chi connectivity index (χ0v) is 18.3. The first kappa shape index (κ1) is 22.1. The third-order valence-electron chi connectivity index (χ3n) is 4.73. The monoisotopic (exact) mass is 420 g/mol. The molecule has 7 heteroatoms. The second kappa shape index (κ2) is 9.95. The van der Waals surface area contributed by atoms with Gasteiger partial charge in [0, 0.05) is 36.5 Å². The summed E-state index contributed by atoms with van der Waals surface area (Å²) in [6.07, 6.45) is 3.73. The van der Waals surface area contributed by atoms with Gasteiger partial charge in [0.25, 0.3) is 6.01 Å². The van der Waals surface area contributed by atoms with Gasteiger partial charge in [-0.2, -0.15) is 0 Å². The average molecular weight is 421 g/mol. The highest BCUT2D eigenvalue weighted by Gasteiger charge is 2.14. The number of carbonyl (C=O) groups excluding carboxylic acids is 1. The molecule has 1 amide bonds. The number of hydrogen-bond donors (Lipinski definition) is 2. The van der Waals surface area contributed by atoms with Crippen LogP contribution in [0.5, 0.6) is 5.75 Å². The highest BCUT2D eigenvalue weighted by molar-refractivity contribution is 5.78. The number of benzene rings is 2. The van der Waals surface area contributed by atoms with E-state index in [0.29, 0.717) is 18.3 Å². The fraction of sp³-hybridized carbons (Fsp3) is 0.250. The van der Waals surface area contributed by atoms with Crippen molar-refractivity contribution in [2.45, 2.75) is 20.4 Å². The Labute approximate surface area is 182 Å². The molecule has 0 aliphatic carbocycles. The van der Waals surface area contributed by atoms with Crippen molar-refractivity contribution in [3.63, 3.8) is 0 Å². The summed E-state index contributed by atoms with van der Waals surface area (Å²) < 4.78 is 11.5. The standard InChI is InChI=1S/C24H28N4O3/c1-16(2)11-17-9-10-19(12-21(17)30-4)27-24-26-14-22(31-24)20-8-6-5-7-18(20)15-28(3)23(29)13-25/h5-12,14H,13,15,25H2,1-4H3,(H,26,27). The normalized spacial score (nSPS) is 10.5. The molecule has 31 heavy (non-hydrogen) atoms. The van der Waals surface area contributed by atoms with Gasteiger partial charge in [-0.15, -0.1) is 0 Å². The van der Waals surface area contributed by atoms with Crippen LogP contribution in [0.4, 0.5) is 11.7 Å². The van der Waals surface area contributed by atoms with Crippen molar-refractivity contribution in [1.82, 2.24) is 9.88 Å². The van der Waals surface area contributed by atoms with Gasteiger partial charge >= 0.3 is 0 Å². The molecule has 0 aliphatic rings. The molecule has 0 saturated carbocycles. The van der Waals surface area contributed by atoms with Crippen molar-refractivity contribution in [2.75, 3.05) is 26.0 Å². The number of nitrogens with two attached hydrogens (primary N) is 1. The Hall–Kier alpha value is -3.58. The zero-order valence-electron chi connectivity index (χ0n) is 18.3. The third-order valence-corrected chi connectivity index (χ3v) is 4.73. The van der Waals surface area contributed by atoms with E-state index in [9.17, 15) is 4.79 Å². The number of carbonyl (C=O) groups is 1. The Balaban J connectivity index is 1.82. The summed E-state index contributed by atoms with van der Waals surface area (Å²) in [5.74, 6) is 1.25. The molecule has 7 nitrogen and oxygen atoms in total. The Morgan fingerprint density at radius 1 is 1.26 bits per heavy atom. The van der Waals surface area contributed by atoms with Crippen LogP contribution in [0, 0.1) is 0 Å². The van der Waals surface area contributed by atoms with Gasteiger partial charge in [0.2, 0.25) is 5.91 Å². The quantitative estimate of drug-likeness (QED) is 0.560. The molecule has 0 spiro atoms. The summed E-state index contributed by atoms with van der Waals surface area (Å²) >= 11 is 0. The second-order valence-corrected chi connectivity index (χ2v) is 7.44. The molecule has 0 atom stereocenters. The molecular weight excluding hydrogens is 392 g/mol. The number of rotatable bonds is 8. The van der Waals surface area contributed by atoms with Gasteiger partial charge in [-0.3, -0.25) is 4.79 Å². The maximum atomic E-state index is 11.8. The molecule has 2 aromatic carbocycles. The van der Waals surface area contributed by atoms with Crippen LogP contribution in [-0.4, -0.2) is 36.5 Å². The van der Waals surface area contributed by atoms with Crippen molar-refractivity contribution < 1.29 is 13.9 Å². The fourth-order valence-electron chi connectivity index (χ4n) is 3.20. The fourth-order valence-corrected chi connectivity index (χ4v) is 3.20. The first-order valence-corrected chi connectivity index (χ1v) is 9.99. The lowest BCUT2D eigenvalue weighted by atomic mass is 10.1. The number of anilines is 2. The van der Waals surface area contributed by atoms with Crippen molar-refractivity contribution >= 4 is 23.7 Å². The van der Waals surface area contributed by atoms with Gasteiger partial charge in [-0.25, -0.2) is 4.98 Å². The van der Waals surface area contributed by atoms with E-state index in [1.54, 1.807) is 25.3 Å². The highest BCUT2D eigenvalue weighted by atomic mass is 16.5. The number of allylic oxidation sites excluding steroid dienone is 1. The lowest BCUT2D eigenvalue weighted by molar-refractivity contribution is -0.128. The summed E-state index contributed by atoms with van der Waals surface area (Å²) in [5, 5.41) is 3.18. The number of methoxy groups -OCH3 is 1. The molecule has 0 saturated heterocycles. The molecule has 162 valence electrons. The number of oxazole rings is 1. The molecule has 3 rings (SSSR count). The topological polar surface area (TPSA) is 93.6 Å². The van der Waals surface area contributed by atoms with Crippen LogP contribution in [0.1, 0.15) is 25.0 Å². The number of nitrogens with zero attached hydrogens (tertiary/aromatic N) is 2. The molecule has 0 radical (unpaired) electrons. The molecule has 0 fully saturated rings. The van der Waals surface area contributed by atoms with E-state index in [2.05, 4.69) is 16.4 Å². The molecule has 0 bridgehead atoms. The molecular formula is C24H28N4O3. The Kier molecular flexibility index (Phi) is 7.10. The summed E-state index contributed by atoms with van der Waals surface area (Å²) in [4.78, 5) is 17.8. The van der Waals surface area contributed by atoms with Crippen LogP contribution in [0.2, 0.25) is 0 Å². The molecule has 1 heterocycles. The Bertz CT molecular complexity index is 1080. The van der Waals surface area contributed by atoms with Gasteiger partial charge in [0.1, 0.15) is 5.75 Å². The van der Waals surface area contributed by atoms with Crippen LogP contribution >= 0.6 is 0 Å². The van der Waals surface area contributed by atoms with Crippen molar-refractivity contribution in [2.24, 2.45) is 5.73 Å². The highest BCUT2D eigenvalue weighted by Crippen LogP contribution is 2.30. The van der Waals surface area contributed by atoms with Crippen molar-refractivity contribution in [3.8, 4) is 17.1 Å². The minimum atomic E-state index is -0.125. The van der Waals surface area contributed by atoms with E-state index in [-0.39, 0.29) is 12.5 Å². The van der Waals surface area contributed by atoms with Crippen molar-refractivity contribution in [3.05, 3.63) is 65.4 Å². The largest absolute Gasteiger partial charge is 0.496 e. The number of nitrogens with one attached hydrogen (secondary N) is 1. The van der Waals surface area contributed by atoms with Gasteiger partial charge in [0.05, 0.1) is 19.9 Å². The minimum absolute atomic E-state index is 0.0229. The number of ether oxygens (including phenoxy) is 1. The van der Waals surface area contributed by atoms with E-state index in [0.717, 1.165) is 28.1 Å². The van der Waals surface area contributed by atoms with Crippen molar-refractivity contribution in [1.29, 1.82) is 0 Å². The number of likely N-dealkylation sites (N-methyl/N-ethyl adjacent to an activating group) is 1. The Morgan fingerprint density at radius 2 is 2.03 bits per heavy atom. The van der Waals surface area contributed by atoms with E-state index in [4.69, 9.17) is 14.9 Å². The second-order valence-electron chi connectivity index (χ2n) is 7.44. The van der Waals surface area contributed by atoms with Crippen LogP contribution in [0.25, 0.3) is 17.4 Å². The summed E-state index contributed by atoms with van der Waals surface area (Å²) in [7, 11) is 3.37. The molecule has 0 unspecified atom stereocenters. The van der Waals surface area contributed by atoms with E-state index < -0.39 is 0 Å². The van der Waals surface area contributed by atoms with Crippen LogP contribution < -0.4 is 15.8 Å². The SMILES string of the molecule is COc1cc(Nc2ncc(-c3ccccc3CN(C)C(=O)CN)o2)ccc1C=C(C)C. The van der Waals surface area contributed by atoms with Gasteiger partial charge < -0.3 is 25.1 Å². The van der Waals surface area contributed by atoms with E-state index in [1.165, 1.54) is 5.57 Å². The predicted octanol–water partition coefficient (Wildman–Crippen LogP) is 4.43. The maximum absolute atomic E-state index is 11.8. The lowest BCUT2D eigenvalue weighted by Gasteiger charge is -2.17. The molecule has 1 aromatic heterocycles. The van der Waals surface area contributed by atoms with Crippen LogP contribution in [0.3, 0.4) is 0 Å². The average Bonchev–Trinajstić information content (AvgIpc) is 3.22.